The second kappa shape index (κ2) is 5.84. The third-order valence-corrected chi connectivity index (χ3v) is 5.64. The van der Waals surface area contributed by atoms with Crippen molar-refractivity contribution in [2.45, 2.75) is 31.8 Å². The molecule has 2 aliphatic rings. The fourth-order valence-electron chi connectivity index (χ4n) is 4.05. The van der Waals surface area contributed by atoms with E-state index in [4.69, 9.17) is 4.98 Å². The molecule has 0 bridgehead atoms. The molecule has 0 aliphatic carbocycles. The van der Waals surface area contributed by atoms with Crippen LogP contribution in [-0.2, 0) is 18.4 Å². The highest BCUT2D eigenvalue weighted by molar-refractivity contribution is 6.07. The monoisotopic (exact) mass is 341 g/mol. The minimum Gasteiger partial charge on any atom is -0.330 e. The van der Waals surface area contributed by atoms with Crippen molar-refractivity contribution in [3.05, 3.63) is 30.1 Å². The number of rotatable bonds is 3. The van der Waals surface area contributed by atoms with Crippen molar-refractivity contribution in [2.75, 3.05) is 13.1 Å². The standard InChI is InChI=1S/C18H23N5O2/c1-18(16(24)20-17(25)21-18)12-6-5-9-23(10-12)11-15-19-13-7-3-4-8-14(13)22(15)2/h3-4,7-8,12H,5-6,9-11H2,1-2H3,(H2,20,21,24,25)/t12-,18+/m0/s1. The van der Waals surface area contributed by atoms with Crippen molar-refractivity contribution in [2.24, 2.45) is 13.0 Å². The Morgan fingerprint density at radius 3 is 2.84 bits per heavy atom. The molecule has 7 heteroatoms. The molecule has 0 unspecified atom stereocenters. The molecule has 2 fully saturated rings. The third-order valence-electron chi connectivity index (χ3n) is 5.64. The normalized spacial score (nSPS) is 27.5. The predicted octanol–water partition coefficient (Wildman–Crippen LogP) is 1.38. The zero-order chi connectivity index (χ0) is 17.6. The number of amides is 3. The van der Waals surface area contributed by atoms with E-state index in [-0.39, 0.29) is 17.9 Å². The van der Waals surface area contributed by atoms with E-state index in [9.17, 15) is 9.59 Å². The van der Waals surface area contributed by atoms with Crippen molar-refractivity contribution in [1.29, 1.82) is 0 Å². The van der Waals surface area contributed by atoms with E-state index in [0.29, 0.717) is 0 Å². The SMILES string of the molecule is Cn1c(CN2CCC[C@H]([C@@]3(C)NC(=O)NC3=O)C2)nc2ccccc21. The van der Waals surface area contributed by atoms with Crippen molar-refractivity contribution < 1.29 is 9.59 Å². The van der Waals surface area contributed by atoms with Crippen LogP contribution in [0.15, 0.2) is 24.3 Å². The summed E-state index contributed by atoms with van der Waals surface area (Å²) >= 11 is 0. The van der Waals surface area contributed by atoms with Gasteiger partial charge in [0.15, 0.2) is 0 Å². The number of hydrogen-bond donors (Lipinski definition) is 2. The quantitative estimate of drug-likeness (QED) is 0.827. The van der Waals surface area contributed by atoms with Gasteiger partial charge in [0.1, 0.15) is 11.4 Å². The fourth-order valence-corrected chi connectivity index (χ4v) is 4.05. The van der Waals surface area contributed by atoms with E-state index < -0.39 is 5.54 Å². The van der Waals surface area contributed by atoms with Gasteiger partial charge in [-0.2, -0.15) is 0 Å². The molecule has 2 N–H and O–H groups in total. The van der Waals surface area contributed by atoms with Crippen LogP contribution < -0.4 is 10.6 Å². The number of urea groups is 1. The van der Waals surface area contributed by atoms with Gasteiger partial charge in [-0.1, -0.05) is 12.1 Å². The summed E-state index contributed by atoms with van der Waals surface area (Å²) < 4.78 is 2.13. The number of nitrogens with zero attached hydrogens (tertiary/aromatic N) is 3. The number of nitrogens with one attached hydrogen (secondary N) is 2. The average Bonchev–Trinajstić information content (AvgIpc) is 3.05. The van der Waals surface area contributed by atoms with Gasteiger partial charge in [-0.05, 0) is 38.4 Å². The van der Waals surface area contributed by atoms with Crippen LogP contribution in [0.5, 0.6) is 0 Å². The maximum Gasteiger partial charge on any atom is 0.322 e. The van der Waals surface area contributed by atoms with Crippen LogP contribution in [0, 0.1) is 5.92 Å². The fraction of sp³-hybridized carbons (Fsp3) is 0.500. The Morgan fingerprint density at radius 1 is 1.32 bits per heavy atom. The molecule has 4 rings (SSSR count). The first kappa shape index (κ1) is 16.1. The van der Waals surface area contributed by atoms with Gasteiger partial charge in [0, 0.05) is 19.5 Å². The van der Waals surface area contributed by atoms with E-state index in [1.807, 2.05) is 32.2 Å². The summed E-state index contributed by atoms with van der Waals surface area (Å²) in [4.78, 5) is 30.8. The number of aryl methyl sites for hydroxylation is 1. The van der Waals surface area contributed by atoms with Crippen LogP contribution in [0.1, 0.15) is 25.6 Å². The zero-order valence-corrected chi connectivity index (χ0v) is 14.6. The van der Waals surface area contributed by atoms with Crippen LogP contribution in [-0.4, -0.2) is 45.0 Å². The first-order chi connectivity index (χ1) is 12.0. The second-order valence-electron chi connectivity index (χ2n) is 7.26. The molecular weight excluding hydrogens is 318 g/mol. The van der Waals surface area contributed by atoms with Crippen molar-refractivity contribution >= 4 is 23.0 Å². The summed E-state index contributed by atoms with van der Waals surface area (Å²) in [7, 11) is 2.04. The molecule has 25 heavy (non-hydrogen) atoms. The summed E-state index contributed by atoms with van der Waals surface area (Å²) in [5, 5.41) is 5.19. The van der Waals surface area contributed by atoms with E-state index in [0.717, 1.165) is 49.3 Å². The highest BCUT2D eigenvalue weighted by atomic mass is 16.2. The number of piperidine rings is 1. The van der Waals surface area contributed by atoms with E-state index >= 15 is 0 Å². The average molecular weight is 341 g/mol. The van der Waals surface area contributed by atoms with Gasteiger partial charge in [0.25, 0.3) is 5.91 Å². The van der Waals surface area contributed by atoms with Gasteiger partial charge >= 0.3 is 6.03 Å². The molecule has 1 aromatic carbocycles. The molecule has 3 heterocycles. The van der Waals surface area contributed by atoms with Gasteiger partial charge < -0.3 is 9.88 Å². The molecule has 2 saturated heterocycles. The number of imide groups is 1. The van der Waals surface area contributed by atoms with Gasteiger partial charge in [-0.15, -0.1) is 0 Å². The molecule has 2 atom stereocenters. The smallest absolute Gasteiger partial charge is 0.322 e. The maximum absolute atomic E-state index is 12.2. The van der Waals surface area contributed by atoms with E-state index in [2.05, 4.69) is 26.2 Å². The molecule has 1 aromatic heterocycles. The number of hydrogen-bond acceptors (Lipinski definition) is 4. The number of imidazole rings is 1. The first-order valence-electron chi connectivity index (χ1n) is 8.73. The van der Waals surface area contributed by atoms with Gasteiger partial charge in [0.2, 0.25) is 0 Å². The summed E-state index contributed by atoms with van der Waals surface area (Å²) in [5.41, 5.74) is 1.31. The minimum atomic E-state index is -0.817. The van der Waals surface area contributed by atoms with Crippen molar-refractivity contribution in [1.82, 2.24) is 25.1 Å². The van der Waals surface area contributed by atoms with Crippen LogP contribution in [0.2, 0.25) is 0 Å². The molecular formula is C18H23N5O2. The number of carbonyl (C=O) groups is 2. The van der Waals surface area contributed by atoms with Crippen molar-refractivity contribution in [3.63, 3.8) is 0 Å². The molecule has 0 radical (unpaired) electrons. The summed E-state index contributed by atoms with van der Waals surface area (Å²) in [6, 6.07) is 7.73. The lowest BCUT2D eigenvalue weighted by Crippen LogP contribution is -2.55. The number of likely N-dealkylation sites (tertiary alicyclic amines) is 1. The van der Waals surface area contributed by atoms with Crippen LogP contribution >= 0.6 is 0 Å². The summed E-state index contributed by atoms with van der Waals surface area (Å²) in [5.74, 6) is 0.904. The van der Waals surface area contributed by atoms with Crippen LogP contribution in [0.4, 0.5) is 4.79 Å². The zero-order valence-electron chi connectivity index (χ0n) is 14.6. The Kier molecular flexibility index (Phi) is 3.76. The lowest BCUT2D eigenvalue weighted by atomic mass is 9.80. The van der Waals surface area contributed by atoms with Gasteiger partial charge in [-0.3, -0.25) is 15.0 Å². The van der Waals surface area contributed by atoms with Crippen molar-refractivity contribution in [3.8, 4) is 0 Å². The highest BCUT2D eigenvalue weighted by Gasteiger charge is 2.48. The number of aromatic nitrogens is 2. The lowest BCUT2D eigenvalue weighted by Gasteiger charge is -2.39. The second-order valence-corrected chi connectivity index (χ2v) is 7.26. The Bertz CT molecular complexity index is 845. The summed E-state index contributed by atoms with van der Waals surface area (Å²) in [6.07, 6.45) is 1.94. The lowest BCUT2D eigenvalue weighted by molar-refractivity contribution is -0.126. The molecule has 0 spiro atoms. The maximum atomic E-state index is 12.2. The Hall–Kier alpha value is -2.41. The van der Waals surface area contributed by atoms with Gasteiger partial charge in [0.05, 0.1) is 17.6 Å². The molecule has 2 aliphatic heterocycles. The third kappa shape index (κ3) is 2.68. The number of fused-ring (bicyclic) bond motifs is 1. The first-order valence-corrected chi connectivity index (χ1v) is 8.73. The Labute approximate surface area is 146 Å². The molecule has 2 aromatic rings. The minimum absolute atomic E-state index is 0.0994. The highest BCUT2D eigenvalue weighted by Crippen LogP contribution is 2.30. The van der Waals surface area contributed by atoms with Crippen LogP contribution in [0.3, 0.4) is 0 Å². The van der Waals surface area contributed by atoms with E-state index in [1.54, 1.807) is 0 Å². The number of para-hydroxylation sites is 2. The molecule has 7 nitrogen and oxygen atoms in total. The molecule has 3 amide bonds. The number of carbonyl (C=O) groups excluding carboxylic acids is 2. The predicted molar refractivity (Wildman–Crippen MR) is 93.8 cm³/mol. The molecule has 0 saturated carbocycles. The van der Waals surface area contributed by atoms with E-state index in [1.165, 1.54) is 0 Å². The van der Waals surface area contributed by atoms with Crippen LogP contribution in [0.25, 0.3) is 11.0 Å². The molecule has 132 valence electrons. The number of benzene rings is 1. The topological polar surface area (TPSA) is 79.3 Å². The Balaban J connectivity index is 1.52. The largest absolute Gasteiger partial charge is 0.330 e. The van der Waals surface area contributed by atoms with Gasteiger partial charge in [-0.25, -0.2) is 9.78 Å². The summed E-state index contributed by atoms with van der Waals surface area (Å²) in [6.45, 7) is 4.32. The Morgan fingerprint density at radius 2 is 2.12 bits per heavy atom.